The highest BCUT2D eigenvalue weighted by atomic mass is 16.2. The predicted octanol–water partition coefficient (Wildman–Crippen LogP) is 4.11. The molecule has 3 heterocycles. The van der Waals surface area contributed by atoms with Crippen molar-refractivity contribution in [3.63, 3.8) is 0 Å². The number of piperidine rings is 1. The number of fused-ring (bicyclic) bond motifs is 2. The molecule has 1 aromatic heterocycles. The summed E-state index contributed by atoms with van der Waals surface area (Å²) >= 11 is 0. The Morgan fingerprint density at radius 1 is 1.16 bits per heavy atom. The van der Waals surface area contributed by atoms with Crippen molar-refractivity contribution in [2.75, 3.05) is 24.5 Å². The fourth-order valence-corrected chi connectivity index (χ4v) is 5.71. The van der Waals surface area contributed by atoms with Crippen molar-refractivity contribution in [2.24, 2.45) is 10.8 Å². The fourth-order valence-electron chi connectivity index (χ4n) is 5.71. The maximum absolute atomic E-state index is 13.3. The Bertz CT molecular complexity index is 665. The molecule has 2 unspecified atom stereocenters. The van der Waals surface area contributed by atoms with E-state index >= 15 is 0 Å². The first kappa shape index (κ1) is 16.9. The van der Waals surface area contributed by atoms with Gasteiger partial charge in [-0.2, -0.15) is 0 Å². The van der Waals surface area contributed by atoms with Crippen LogP contribution >= 0.6 is 0 Å². The number of nitrogens with zero attached hydrogens (tertiary/aromatic N) is 3. The molecule has 3 aliphatic rings. The maximum atomic E-state index is 13.3. The molecule has 2 saturated heterocycles. The lowest BCUT2D eigenvalue weighted by Gasteiger charge is -2.39. The van der Waals surface area contributed by atoms with Gasteiger partial charge in [0.25, 0.3) is 5.91 Å². The van der Waals surface area contributed by atoms with Gasteiger partial charge in [0.15, 0.2) is 0 Å². The van der Waals surface area contributed by atoms with E-state index in [-0.39, 0.29) is 11.3 Å². The molecule has 2 atom stereocenters. The number of aromatic nitrogens is 1. The minimum atomic E-state index is 0.201. The number of hydrogen-bond donors (Lipinski definition) is 0. The largest absolute Gasteiger partial charge is 0.357 e. The maximum Gasteiger partial charge on any atom is 0.254 e. The number of hydrogen-bond acceptors (Lipinski definition) is 3. The molecule has 4 heteroatoms. The second-order valence-corrected chi connectivity index (χ2v) is 9.60. The van der Waals surface area contributed by atoms with Crippen LogP contribution in [0.5, 0.6) is 0 Å². The normalized spacial score (nSPS) is 31.2. The van der Waals surface area contributed by atoms with Gasteiger partial charge in [-0.3, -0.25) is 4.79 Å². The van der Waals surface area contributed by atoms with Crippen LogP contribution in [0.4, 0.5) is 5.82 Å². The number of amides is 1. The van der Waals surface area contributed by atoms with Crippen molar-refractivity contribution >= 4 is 11.7 Å². The molecule has 4 rings (SSSR count). The molecule has 1 saturated carbocycles. The van der Waals surface area contributed by atoms with E-state index in [1.807, 2.05) is 18.3 Å². The van der Waals surface area contributed by atoms with Crippen molar-refractivity contribution in [3.8, 4) is 0 Å². The van der Waals surface area contributed by atoms with Gasteiger partial charge < -0.3 is 9.80 Å². The first-order valence-corrected chi connectivity index (χ1v) is 9.87. The zero-order chi connectivity index (χ0) is 17.7. The van der Waals surface area contributed by atoms with Crippen molar-refractivity contribution in [1.29, 1.82) is 0 Å². The summed E-state index contributed by atoms with van der Waals surface area (Å²) in [6.07, 6.45) is 9.06. The average molecular weight is 341 g/mol. The number of rotatable bonds is 2. The van der Waals surface area contributed by atoms with Crippen molar-refractivity contribution in [1.82, 2.24) is 9.88 Å². The molecule has 4 nitrogen and oxygen atoms in total. The van der Waals surface area contributed by atoms with Crippen molar-refractivity contribution in [2.45, 2.75) is 65.3 Å². The van der Waals surface area contributed by atoms with Crippen molar-refractivity contribution in [3.05, 3.63) is 23.9 Å². The molecule has 1 aliphatic carbocycles. The van der Waals surface area contributed by atoms with Crippen LogP contribution in [0.1, 0.15) is 69.7 Å². The van der Waals surface area contributed by atoms with E-state index in [0.29, 0.717) is 11.5 Å². The molecular weight excluding hydrogens is 310 g/mol. The van der Waals surface area contributed by atoms with Crippen molar-refractivity contribution < 1.29 is 4.79 Å². The van der Waals surface area contributed by atoms with Gasteiger partial charge >= 0.3 is 0 Å². The van der Waals surface area contributed by atoms with Gasteiger partial charge in [0.1, 0.15) is 5.82 Å². The third-order valence-electron chi connectivity index (χ3n) is 6.35. The smallest absolute Gasteiger partial charge is 0.254 e. The summed E-state index contributed by atoms with van der Waals surface area (Å²) in [5.74, 6) is 1.17. The molecule has 2 aliphatic heterocycles. The molecule has 2 bridgehead atoms. The summed E-state index contributed by atoms with van der Waals surface area (Å²) in [6.45, 7) is 10.1. The highest BCUT2D eigenvalue weighted by Crippen LogP contribution is 2.52. The second-order valence-electron chi connectivity index (χ2n) is 9.60. The molecule has 1 aromatic rings. The van der Waals surface area contributed by atoms with Gasteiger partial charge in [-0.05, 0) is 61.5 Å². The summed E-state index contributed by atoms with van der Waals surface area (Å²) in [6, 6.07) is 4.31. The van der Waals surface area contributed by atoms with Gasteiger partial charge in [0, 0.05) is 37.4 Å². The first-order chi connectivity index (χ1) is 11.9. The van der Waals surface area contributed by atoms with Crippen LogP contribution in [0.25, 0.3) is 0 Å². The topological polar surface area (TPSA) is 36.4 Å². The fraction of sp³-hybridized carbons (Fsp3) is 0.714. The Morgan fingerprint density at radius 2 is 1.92 bits per heavy atom. The standard InChI is InChI=1S/C21H31N3O/c1-20(2)12-17-13-21(3,14-20)15-24(17)19(25)16-7-8-22-18(11-16)23-9-5-4-6-10-23/h7-8,11,17H,4-6,9-10,12-15H2,1-3H3. The van der Waals surface area contributed by atoms with Crippen LogP contribution in [0.15, 0.2) is 18.3 Å². The third-order valence-corrected chi connectivity index (χ3v) is 6.35. The molecular formula is C21H31N3O. The Labute approximate surface area is 151 Å². The van der Waals surface area contributed by atoms with E-state index in [9.17, 15) is 4.79 Å². The zero-order valence-corrected chi connectivity index (χ0v) is 15.9. The molecule has 0 radical (unpaired) electrons. The molecule has 1 amide bonds. The summed E-state index contributed by atoms with van der Waals surface area (Å²) in [5.41, 5.74) is 1.43. The zero-order valence-electron chi connectivity index (χ0n) is 15.9. The minimum absolute atomic E-state index is 0.201. The summed E-state index contributed by atoms with van der Waals surface area (Å²) < 4.78 is 0. The Hall–Kier alpha value is -1.58. The number of carbonyl (C=O) groups excluding carboxylic acids is 1. The minimum Gasteiger partial charge on any atom is -0.357 e. The molecule has 136 valence electrons. The van der Waals surface area contributed by atoms with Gasteiger partial charge in [-0.25, -0.2) is 4.98 Å². The lowest BCUT2D eigenvalue weighted by Crippen LogP contribution is -2.38. The second kappa shape index (κ2) is 6.00. The Kier molecular flexibility index (Phi) is 4.04. The number of likely N-dealkylation sites (tertiary alicyclic amines) is 1. The van der Waals surface area contributed by atoms with Gasteiger partial charge in [-0.1, -0.05) is 20.8 Å². The van der Waals surface area contributed by atoms with E-state index in [4.69, 9.17) is 0 Å². The number of carbonyl (C=O) groups is 1. The lowest BCUT2D eigenvalue weighted by molar-refractivity contribution is 0.0708. The van der Waals surface area contributed by atoms with Crippen LogP contribution in [0.2, 0.25) is 0 Å². The summed E-state index contributed by atoms with van der Waals surface area (Å²) in [4.78, 5) is 22.3. The number of anilines is 1. The summed E-state index contributed by atoms with van der Waals surface area (Å²) in [5, 5.41) is 0. The van der Waals surface area contributed by atoms with Gasteiger partial charge in [-0.15, -0.1) is 0 Å². The molecule has 0 spiro atoms. The van der Waals surface area contributed by atoms with E-state index < -0.39 is 0 Å². The molecule has 25 heavy (non-hydrogen) atoms. The van der Waals surface area contributed by atoms with E-state index in [0.717, 1.165) is 43.9 Å². The van der Waals surface area contributed by atoms with Crippen LogP contribution in [0, 0.1) is 10.8 Å². The first-order valence-electron chi connectivity index (χ1n) is 9.87. The van der Waals surface area contributed by atoms with E-state index in [2.05, 4.69) is 35.6 Å². The van der Waals surface area contributed by atoms with Gasteiger partial charge in [0.05, 0.1) is 0 Å². The SMILES string of the molecule is CC1(C)CC2CC(C)(CN2C(=O)c2ccnc(N3CCCCC3)c2)C1. The van der Waals surface area contributed by atoms with Crippen LogP contribution in [0.3, 0.4) is 0 Å². The lowest BCUT2D eigenvalue weighted by atomic mass is 9.65. The highest BCUT2D eigenvalue weighted by Gasteiger charge is 2.51. The Morgan fingerprint density at radius 3 is 2.68 bits per heavy atom. The predicted molar refractivity (Wildman–Crippen MR) is 101 cm³/mol. The van der Waals surface area contributed by atoms with E-state index in [1.165, 1.54) is 25.7 Å². The van der Waals surface area contributed by atoms with Gasteiger partial charge in [0.2, 0.25) is 0 Å². The third kappa shape index (κ3) is 3.28. The Balaban J connectivity index is 1.55. The molecule has 0 N–H and O–H groups in total. The van der Waals surface area contributed by atoms with E-state index in [1.54, 1.807) is 0 Å². The quantitative estimate of drug-likeness (QED) is 0.812. The monoisotopic (exact) mass is 341 g/mol. The molecule has 3 fully saturated rings. The van der Waals surface area contributed by atoms with Crippen LogP contribution in [-0.4, -0.2) is 41.5 Å². The van der Waals surface area contributed by atoms with Crippen LogP contribution < -0.4 is 4.90 Å². The average Bonchev–Trinajstić information content (AvgIpc) is 2.84. The molecule has 0 aromatic carbocycles. The number of pyridine rings is 1. The van der Waals surface area contributed by atoms with Crippen LogP contribution in [-0.2, 0) is 0 Å². The highest BCUT2D eigenvalue weighted by molar-refractivity contribution is 5.95. The summed E-state index contributed by atoms with van der Waals surface area (Å²) in [7, 11) is 0.